The maximum absolute atomic E-state index is 13.5. The number of methoxy groups -OCH3 is 1. The predicted octanol–water partition coefficient (Wildman–Crippen LogP) is 2.41. The van der Waals surface area contributed by atoms with Crippen molar-refractivity contribution in [1.82, 2.24) is 20.2 Å². The first-order valence-electron chi connectivity index (χ1n) is 13.0. The molecule has 2 heterocycles. The molecule has 4 rings (SSSR count). The van der Waals surface area contributed by atoms with Gasteiger partial charge in [-0.1, -0.05) is 30.3 Å². The lowest BCUT2D eigenvalue weighted by Crippen LogP contribution is -2.49. The van der Waals surface area contributed by atoms with E-state index in [0.29, 0.717) is 18.5 Å². The number of aromatic amines is 1. The molecule has 40 heavy (non-hydrogen) atoms. The van der Waals surface area contributed by atoms with Gasteiger partial charge < -0.3 is 34.6 Å². The Bertz CT molecular complexity index is 1310. The number of nitrogens with zero attached hydrogens (tertiary/aromatic N) is 2. The van der Waals surface area contributed by atoms with E-state index in [1.54, 1.807) is 25.4 Å². The van der Waals surface area contributed by atoms with Gasteiger partial charge in [0.1, 0.15) is 29.9 Å². The van der Waals surface area contributed by atoms with Gasteiger partial charge in [-0.3, -0.25) is 14.4 Å². The number of hydrogen-bond donors (Lipinski definition) is 3. The van der Waals surface area contributed by atoms with Gasteiger partial charge in [-0.15, -0.1) is 0 Å². The zero-order chi connectivity index (χ0) is 28.5. The van der Waals surface area contributed by atoms with Crippen LogP contribution in [0, 0.1) is 0 Å². The van der Waals surface area contributed by atoms with Crippen LogP contribution in [-0.4, -0.2) is 75.9 Å². The molecule has 1 fully saturated rings. The summed E-state index contributed by atoms with van der Waals surface area (Å²) in [5.41, 5.74) is 1.96. The fraction of sp³-hybridized carbons (Fsp3) is 0.345. The van der Waals surface area contributed by atoms with E-state index in [2.05, 4.69) is 15.3 Å². The van der Waals surface area contributed by atoms with Crippen molar-refractivity contribution in [3.63, 3.8) is 0 Å². The number of aldehydes is 1. The molecule has 0 aliphatic carbocycles. The fourth-order valence-electron chi connectivity index (χ4n) is 4.65. The lowest BCUT2D eigenvalue weighted by Gasteiger charge is -2.23. The van der Waals surface area contributed by atoms with Crippen molar-refractivity contribution in [3.8, 4) is 11.5 Å². The van der Waals surface area contributed by atoms with Crippen LogP contribution in [0.15, 0.2) is 60.8 Å². The Hall–Kier alpha value is -4.67. The van der Waals surface area contributed by atoms with Gasteiger partial charge in [-0.2, -0.15) is 0 Å². The van der Waals surface area contributed by atoms with E-state index in [9.17, 15) is 19.2 Å². The van der Waals surface area contributed by atoms with E-state index in [0.717, 1.165) is 24.3 Å². The summed E-state index contributed by atoms with van der Waals surface area (Å²) in [5.74, 6) is -0.852. The number of para-hydroxylation sites is 1. The minimum atomic E-state index is -1.22. The van der Waals surface area contributed by atoms with Crippen molar-refractivity contribution in [1.29, 1.82) is 0 Å². The number of benzene rings is 2. The summed E-state index contributed by atoms with van der Waals surface area (Å²) < 4.78 is 11.2. The number of H-pyrrole nitrogens is 1. The molecular weight excluding hydrogens is 516 g/mol. The molecule has 1 saturated heterocycles. The van der Waals surface area contributed by atoms with E-state index in [1.165, 1.54) is 10.5 Å². The Kier molecular flexibility index (Phi) is 9.50. The molecule has 1 aliphatic heterocycles. The number of ether oxygens (including phenoxy) is 2. The highest BCUT2D eigenvalue weighted by atomic mass is 16.5. The zero-order valence-corrected chi connectivity index (χ0v) is 22.1. The summed E-state index contributed by atoms with van der Waals surface area (Å²) in [5, 5.41) is 11.5. The van der Waals surface area contributed by atoms with Gasteiger partial charge in [0, 0.05) is 18.3 Å². The molecule has 3 N–H and O–H groups in total. The first kappa shape index (κ1) is 28.3. The third-order valence-electron chi connectivity index (χ3n) is 6.66. The number of aromatic nitrogens is 2. The van der Waals surface area contributed by atoms with Crippen LogP contribution in [0.4, 0.5) is 0 Å². The van der Waals surface area contributed by atoms with Crippen LogP contribution in [0.3, 0.4) is 0 Å². The summed E-state index contributed by atoms with van der Waals surface area (Å²) in [6, 6.07) is 14.7. The Morgan fingerprint density at radius 1 is 1.12 bits per heavy atom. The number of hydrogen-bond acceptors (Lipinski definition) is 7. The normalized spacial score (nSPS) is 17.2. The van der Waals surface area contributed by atoms with E-state index in [1.807, 2.05) is 42.5 Å². The number of amides is 2. The van der Waals surface area contributed by atoms with Gasteiger partial charge in [-0.05, 0) is 49.1 Å². The Morgan fingerprint density at radius 3 is 2.55 bits per heavy atom. The van der Waals surface area contributed by atoms with Crippen LogP contribution in [0.2, 0.25) is 0 Å². The standard InChI is InChI=1S/C29H32N4O7/c1-39-22-12-10-19(11-13-22)6-5-7-20-16-30-27(31-20)29(38)33-17-24(40-23-8-3-2-4-9-23)15-25(33)28(37)32-21(18-34)14-26(35)36/h2-4,8-13,16,18,21,24-25H,5-7,14-15,17H2,1H3,(H,30,31)(H,32,37)(H,35,36)/t21-,24?,25?/m0/s1. The molecule has 210 valence electrons. The molecule has 0 radical (unpaired) electrons. The minimum Gasteiger partial charge on any atom is -0.497 e. The maximum Gasteiger partial charge on any atom is 0.305 e. The van der Waals surface area contributed by atoms with Gasteiger partial charge in [-0.25, -0.2) is 4.98 Å². The molecule has 0 bridgehead atoms. The number of carbonyl (C=O) groups is 4. The second-order valence-electron chi connectivity index (χ2n) is 9.57. The molecule has 1 aromatic heterocycles. The van der Waals surface area contributed by atoms with Crippen molar-refractivity contribution < 1.29 is 33.8 Å². The smallest absolute Gasteiger partial charge is 0.305 e. The molecule has 3 aromatic rings. The number of aryl methyl sites for hydroxylation is 2. The van der Waals surface area contributed by atoms with E-state index in [-0.39, 0.29) is 18.8 Å². The SMILES string of the molecule is COc1ccc(CCCc2cnc(C(=O)N3CC(Oc4ccccc4)CC3C(=O)N[C@H](C=O)CC(=O)O)[nH]2)cc1. The zero-order valence-electron chi connectivity index (χ0n) is 22.1. The molecule has 0 saturated carbocycles. The number of rotatable bonds is 13. The van der Waals surface area contributed by atoms with Crippen molar-refractivity contribution in [2.75, 3.05) is 13.7 Å². The largest absolute Gasteiger partial charge is 0.497 e. The average Bonchev–Trinajstić information content (AvgIpc) is 3.60. The summed E-state index contributed by atoms with van der Waals surface area (Å²) in [6.07, 6.45) is 3.45. The Balaban J connectivity index is 1.42. The Morgan fingerprint density at radius 2 is 1.88 bits per heavy atom. The van der Waals surface area contributed by atoms with E-state index in [4.69, 9.17) is 14.6 Å². The number of carboxylic acid groups (broad SMARTS) is 1. The number of aliphatic carboxylic acids is 1. The monoisotopic (exact) mass is 548 g/mol. The first-order valence-corrected chi connectivity index (χ1v) is 13.0. The number of likely N-dealkylation sites (tertiary alicyclic amines) is 1. The highest BCUT2D eigenvalue weighted by Crippen LogP contribution is 2.25. The van der Waals surface area contributed by atoms with Gasteiger partial charge in [0.15, 0.2) is 5.82 Å². The van der Waals surface area contributed by atoms with Gasteiger partial charge >= 0.3 is 5.97 Å². The molecule has 2 amide bonds. The van der Waals surface area contributed by atoms with Crippen molar-refractivity contribution in [2.45, 2.75) is 50.3 Å². The van der Waals surface area contributed by atoms with Crippen LogP contribution in [0.25, 0.3) is 0 Å². The quantitative estimate of drug-likeness (QED) is 0.276. The van der Waals surface area contributed by atoms with Crippen LogP contribution in [0.5, 0.6) is 11.5 Å². The third-order valence-corrected chi connectivity index (χ3v) is 6.66. The lowest BCUT2D eigenvalue weighted by atomic mass is 10.1. The molecule has 11 heteroatoms. The van der Waals surface area contributed by atoms with E-state index < -0.39 is 42.4 Å². The first-order chi connectivity index (χ1) is 19.4. The summed E-state index contributed by atoms with van der Waals surface area (Å²) >= 11 is 0. The summed E-state index contributed by atoms with van der Waals surface area (Å²) in [6.45, 7) is 0.115. The predicted molar refractivity (Wildman–Crippen MR) is 144 cm³/mol. The lowest BCUT2D eigenvalue weighted by molar-refractivity contribution is -0.139. The summed E-state index contributed by atoms with van der Waals surface area (Å²) in [7, 11) is 1.63. The molecule has 2 aromatic carbocycles. The number of carboxylic acids is 1. The second-order valence-corrected chi connectivity index (χ2v) is 9.57. The number of imidazole rings is 1. The Labute approximate surface area is 231 Å². The number of carbonyl (C=O) groups excluding carboxylic acids is 3. The molecule has 3 atom stereocenters. The highest BCUT2D eigenvalue weighted by Gasteiger charge is 2.42. The molecular formula is C29H32N4O7. The molecule has 11 nitrogen and oxygen atoms in total. The molecule has 1 aliphatic rings. The average molecular weight is 549 g/mol. The van der Waals surface area contributed by atoms with Crippen molar-refractivity contribution in [3.05, 3.63) is 77.9 Å². The minimum absolute atomic E-state index is 0.0927. The molecule has 2 unspecified atom stereocenters. The van der Waals surface area contributed by atoms with Crippen molar-refractivity contribution >= 4 is 24.1 Å². The second kappa shape index (κ2) is 13.4. The van der Waals surface area contributed by atoms with Crippen LogP contribution >= 0.6 is 0 Å². The van der Waals surface area contributed by atoms with Gasteiger partial charge in [0.25, 0.3) is 5.91 Å². The van der Waals surface area contributed by atoms with Gasteiger partial charge in [0.05, 0.1) is 26.1 Å². The van der Waals surface area contributed by atoms with Crippen LogP contribution < -0.4 is 14.8 Å². The highest BCUT2D eigenvalue weighted by molar-refractivity contribution is 5.96. The topological polar surface area (TPSA) is 151 Å². The van der Waals surface area contributed by atoms with E-state index >= 15 is 0 Å². The molecule has 0 spiro atoms. The fourth-order valence-corrected chi connectivity index (χ4v) is 4.65. The third kappa shape index (κ3) is 7.46. The van der Waals surface area contributed by atoms with Crippen molar-refractivity contribution in [2.24, 2.45) is 0 Å². The van der Waals surface area contributed by atoms with Gasteiger partial charge in [0.2, 0.25) is 5.91 Å². The van der Waals surface area contributed by atoms with Crippen LogP contribution in [0.1, 0.15) is 41.1 Å². The number of nitrogens with one attached hydrogen (secondary N) is 2. The van der Waals surface area contributed by atoms with Crippen LogP contribution in [-0.2, 0) is 27.2 Å². The summed E-state index contributed by atoms with van der Waals surface area (Å²) in [4.78, 5) is 57.7. The maximum atomic E-state index is 13.5.